The lowest BCUT2D eigenvalue weighted by Gasteiger charge is -2.33. The predicted molar refractivity (Wildman–Crippen MR) is 117 cm³/mol. The summed E-state index contributed by atoms with van der Waals surface area (Å²) in [6, 6.07) is 16.1. The van der Waals surface area contributed by atoms with Crippen molar-refractivity contribution in [2.24, 2.45) is 0 Å². The van der Waals surface area contributed by atoms with E-state index in [1.165, 1.54) is 46.0 Å². The van der Waals surface area contributed by atoms with Crippen molar-refractivity contribution in [3.63, 3.8) is 0 Å². The number of nitrogens with one attached hydrogen (secondary N) is 1. The van der Waals surface area contributed by atoms with Crippen molar-refractivity contribution < 1.29 is 23.2 Å². The second-order valence-electron chi connectivity index (χ2n) is 7.41. The highest BCUT2D eigenvalue weighted by Crippen LogP contribution is 2.55. The number of hydrogen-bond acceptors (Lipinski definition) is 5. The highest BCUT2D eigenvalue weighted by molar-refractivity contribution is 8.02. The van der Waals surface area contributed by atoms with E-state index < -0.39 is 16.6 Å². The van der Waals surface area contributed by atoms with Crippen LogP contribution in [0.1, 0.15) is 11.3 Å². The maximum Gasteiger partial charge on any atom is 0.269 e. The Balaban J connectivity index is 1.49. The van der Waals surface area contributed by atoms with E-state index in [2.05, 4.69) is 5.32 Å². The summed E-state index contributed by atoms with van der Waals surface area (Å²) in [6.07, 6.45) is 1.51. The Morgan fingerprint density at radius 1 is 1.12 bits per heavy atom. The van der Waals surface area contributed by atoms with Crippen molar-refractivity contribution in [2.45, 2.75) is 11.4 Å². The minimum atomic E-state index is -1.39. The third-order valence-electron chi connectivity index (χ3n) is 5.47. The summed E-state index contributed by atoms with van der Waals surface area (Å²) in [6.45, 7) is -0.0205. The Morgan fingerprint density at radius 3 is 2.75 bits per heavy atom. The maximum absolute atomic E-state index is 14.0. The summed E-state index contributed by atoms with van der Waals surface area (Å²) in [5, 5.41) is 2.74. The van der Waals surface area contributed by atoms with Gasteiger partial charge >= 0.3 is 0 Å². The zero-order chi connectivity index (χ0) is 22.3. The van der Waals surface area contributed by atoms with Gasteiger partial charge in [-0.05, 0) is 36.4 Å². The van der Waals surface area contributed by atoms with Crippen molar-refractivity contribution in [1.82, 2.24) is 5.32 Å². The van der Waals surface area contributed by atoms with E-state index in [9.17, 15) is 18.8 Å². The van der Waals surface area contributed by atoms with Crippen LogP contribution in [0.15, 0.2) is 71.3 Å². The molecule has 1 saturated heterocycles. The monoisotopic (exact) mass is 451 g/mol. The molecule has 162 valence electrons. The molecular weight excluding hydrogens is 433 g/mol. The molecule has 3 amide bonds. The van der Waals surface area contributed by atoms with Gasteiger partial charge in [0.2, 0.25) is 16.7 Å². The molecule has 1 fully saturated rings. The van der Waals surface area contributed by atoms with Crippen LogP contribution < -0.4 is 15.1 Å². The van der Waals surface area contributed by atoms with E-state index in [1.54, 1.807) is 42.5 Å². The van der Waals surface area contributed by atoms with Gasteiger partial charge in [-0.2, -0.15) is 0 Å². The van der Waals surface area contributed by atoms with Gasteiger partial charge < -0.3 is 9.73 Å². The van der Waals surface area contributed by atoms with Crippen LogP contribution in [0.2, 0.25) is 0 Å². The molecule has 2 aromatic carbocycles. The van der Waals surface area contributed by atoms with Gasteiger partial charge in [0.1, 0.15) is 18.1 Å². The van der Waals surface area contributed by atoms with Crippen LogP contribution in [-0.4, -0.2) is 30.0 Å². The standard InChI is InChI=1S/C23H18FN3O4S/c24-15-5-3-6-16(11-15)27-21(29)14-32-23(27)18-8-1-2-9-19(18)26(22(23)30)13-20(28)25-12-17-7-4-10-31-17/h1-11H,12-14H2,(H,25,28). The van der Waals surface area contributed by atoms with E-state index in [-0.39, 0.29) is 30.7 Å². The average molecular weight is 451 g/mol. The molecule has 1 atom stereocenters. The molecule has 1 aromatic heterocycles. The molecule has 2 aliphatic heterocycles. The highest BCUT2D eigenvalue weighted by Gasteiger charge is 2.61. The molecule has 0 bridgehead atoms. The summed E-state index contributed by atoms with van der Waals surface area (Å²) >= 11 is 1.18. The molecule has 0 saturated carbocycles. The van der Waals surface area contributed by atoms with Gasteiger partial charge in [-0.25, -0.2) is 4.39 Å². The Labute approximate surface area is 187 Å². The van der Waals surface area contributed by atoms with Crippen molar-refractivity contribution in [2.75, 3.05) is 22.1 Å². The largest absolute Gasteiger partial charge is 0.467 e. The van der Waals surface area contributed by atoms with Crippen LogP contribution in [0, 0.1) is 5.82 Å². The molecule has 5 rings (SSSR count). The van der Waals surface area contributed by atoms with Crippen LogP contribution in [-0.2, 0) is 25.8 Å². The number of fused-ring (bicyclic) bond motifs is 2. The predicted octanol–water partition coefficient (Wildman–Crippen LogP) is 3.01. The molecule has 3 aromatic rings. The summed E-state index contributed by atoms with van der Waals surface area (Å²) in [4.78, 5) is 40.6. The summed E-state index contributed by atoms with van der Waals surface area (Å²) < 4.78 is 19.2. The average Bonchev–Trinajstić information content (AvgIpc) is 3.48. The minimum Gasteiger partial charge on any atom is -0.467 e. The molecule has 1 N–H and O–H groups in total. The molecular formula is C23H18FN3O4S. The third kappa shape index (κ3) is 3.16. The lowest BCUT2D eigenvalue weighted by atomic mass is 10.0. The Bertz CT molecular complexity index is 1220. The number of nitrogens with zero attached hydrogens (tertiary/aromatic N) is 2. The number of halogens is 1. The van der Waals surface area contributed by atoms with Crippen molar-refractivity contribution in [3.05, 3.63) is 84.1 Å². The number of hydrogen-bond donors (Lipinski definition) is 1. The van der Waals surface area contributed by atoms with Gasteiger partial charge in [0.05, 0.1) is 24.2 Å². The van der Waals surface area contributed by atoms with Crippen molar-refractivity contribution >= 4 is 40.9 Å². The van der Waals surface area contributed by atoms with Crippen molar-refractivity contribution in [3.8, 4) is 0 Å². The van der Waals surface area contributed by atoms with E-state index in [0.717, 1.165) is 0 Å². The van der Waals surface area contributed by atoms with Crippen LogP contribution in [0.25, 0.3) is 0 Å². The normalized spacial score (nSPS) is 19.7. The first kappa shape index (κ1) is 20.3. The fourth-order valence-corrected chi connectivity index (χ4v) is 5.49. The second-order valence-corrected chi connectivity index (χ2v) is 8.57. The van der Waals surface area contributed by atoms with E-state index in [4.69, 9.17) is 4.42 Å². The minimum absolute atomic E-state index is 0.0646. The lowest BCUT2D eigenvalue weighted by Crippen LogP contribution is -2.51. The molecule has 3 heterocycles. The summed E-state index contributed by atoms with van der Waals surface area (Å²) in [7, 11) is 0. The quantitative estimate of drug-likeness (QED) is 0.645. The zero-order valence-electron chi connectivity index (χ0n) is 16.8. The molecule has 7 nitrogen and oxygen atoms in total. The van der Waals surface area contributed by atoms with Gasteiger partial charge in [0.25, 0.3) is 5.91 Å². The Kier molecular flexibility index (Phi) is 4.97. The second kappa shape index (κ2) is 7.83. The zero-order valence-corrected chi connectivity index (χ0v) is 17.6. The van der Waals surface area contributed by atoms with Crippen LogP contribution in [0.3, 0.4) is 0 Å². The van der Waals surface area contributed by atoms with Crippen LogP contribution >= 0.6 is 11.8 Å². The van der Waals surface area contributed by atoms with Crippen molar-refractivity contribution in [1.29, 1.82) is 0 Å². The smallest absolute Gasteiger partial charge is 0.269 e. The number of benzene rings is 2. The van der Waals surface area contributed by atoms with Crippen LogP contribution in [0.5, 0.6) is 0 Å². The Hall–Kier alpha value is -3.59. The van der Waals surface area contributed by atoms with E-state index >= 15 is 0 Å². The number of anilines is 2. The molecule has 0 radical (unpaired) electrons. The maximum atomic E-state index is 14.0. The molecule has 2 aliphatic rings. The van der Waals surface area contributed by atoms with Gasteiger partial charge in [0, 0.05) is 11.3 Å². The van der Waals surface area contributed by atoms with Gasteiger partial charge in [-0.15, -0.1) is 11.8 Å². The highest BCUT2D eigenvalue weighted by atomic mass is 32.2. The number of carbonyl (C=O) groups excluding carboxylic acids is 3. The molecule has 1 spiro atoms. The molecule has 9 heteroatoms. The molecule has 0 aliphatic carbocycles. The van der Waals surface area contributed by atoms with Gasteiger partial charge in [0.15, 0.2) is 0 Å². The first-order chi connectivity index (χ1) is 15.5. The SMILES string of the molecule is O=C(CN1C(=O)C2(SCC(=O)N2c2cccc(F)c2)c2ccccc21)NCc1ccco1. The summed E-state index contributed by atoms with van der Waals surface area (Å²) in [5.74, 6) is -0.921. The number of furan rings is 1. The molecule has 1 unspecified atom stereocenters. The fourth-order valence-electron chi connectivity index (χ4n) is 4.13. The molecule has 32 heavy (non-hydrogen) atoms. The number of thioether (sulfide) groups is 1. The van der Waals surface area contributed by atoms with E-state index in [0.29, 0.717) is 22.7 Å². The number of amides is 3. The number of carbonyl (C=O) groups is 3. The Morgan fingerprint density at radius 2 is 1.97 bits per heavy atom. The fraction of sp³-hybridized carbons (Fsp3) is 0.174. The lowest BCUT2D eigenvalue weighted by molar-refractivity contribution is -0.125. The van der Waals surface area contributed by atoms with Gasteiger partial charge in [-0.1, -0.05) is 24.3 Å². The first-order valence-electron chi connectivity index (χ1n) is 9.94. The van der Waals surface area contributed by atoms with Crippen LogP contribution in [0.4, 0.5) is 15.8 Å². The third-order valence-corrected chi connectivity index (χ3v) is 6.86. The summed E-state index contributed by atoms with van der Waals surface area (Å²) in [5.41, 5.74) is 1.45. The van der Waals surface area contributed by atoms with E-state index in [1.807, 2.05) is 0 Å². The first-order valence-corrected chi connectivity index (χ1v) is 10.9. The van der Waals surface area contributed by atoms with Gasteiger partial charge in [-0.3, -0.25) is 24.2 Å². The number of para-hydroxylation sites is 1. The topological polar surface area (TPSA) is 82.9 Å². The number of rotatable bonds is 5.